The van der Waals surface area contributed by atoms with E-state index in [0.29, 0.717) is 0 Å². The van der Waals surface area contributed by atoms with Crippen molar-refractivity contribution in [3.05, 3.63) is 22.5 Å². The number of rotatable bonds is 5. The lowest BCUT2D eigenvalue weighted by molar-refractivity contribution is 0.592. The standard InChI is InChI=1S/C11H20S/c1-9(2)6-7-11(5)12-8-10(3)4/h8-9H,5-7H2,1-4H3. The van der Waals surface area contributed by atoms with Gasteiger partial charge in [0, 0.05) is 0 Å². The Balaban J connectivity index is 3.54. The van der Waals surface area contributed by atoms with Gasteiger partial charge in [0.2, 0.25) is 0 Å². The monoisotopic (exact) mass is 184 g/mol. The Morgan fingerprint density at radius 1 is 1.42 bits per heavy atom. The van der Waals surface area contributed by atoms with Crippen LogP contribution in [0.3, 0.4) is 0 Å². The highest BCUT2D eigenvalue weighted by atomic mass is 32.2. The Bertz CT molecular complexity index is 162. The first kappa shape index (κ1) is 11.8. The second kappa shape index (κ2) is 6.36. The third kappa shape index (κ3) is 7.93. The fraction of sp³-hybridized carbons (Fsp3) is 0.636. The van der Waals surface area contributed by atoms with Gasteiger partial charge in [0.25, 0.3) is 0 Å². The molecule has 0 saturated heterocycles. The summed E-state index contributed by atoms with van der Waals surface area (Å²) in [5.74, 6) is 0.786. The zero-order valence-corrected chi connectivity index (χ0v) is 9.50. The van der Waals surface area contributed by atoms with E-state index in [1.54, 1.807) is 11.8 Å². The molecule has 0 atom stereocenters. The van der Waals surface area contributed by atoms with Crippen LogP contribution in [0.4, 0.5) is 0 Å². The maximum atomic E-state index is 4.02. The van der Waals surface area contributed by atoms with Gasteiger partial charge >= 0.3 is 0 Å². The summed E-state index contributed by atoms with van der Waals surface area (Å²) < 4.78 is 0. The summed E-state index contributed by atoms with van der Waals surface area (Å²) >= 11 is 1.77. The van der Waals surface area contributed by atoms with Crippen molar-refractivity contribution < 1.29 is 0 Å². The fourth-order valence-corrected chi connectivity index (χ4v) is 1.35. The van der Waals surface area contributed by atoms with Crippen LogP contribution >= 0.6 is 11.8 Å². The van der Waals surface area contributed by atoms with Crippen LogP contribution < -0.4 is 0 Å². The zero-order chi connectivity index (χ0) is 9.56. The molecule has 0 aliphatic heterocycles. The van der Waals surface area contributed by atoms with Crippen LogP contribution in [0, 0.1) is 5.92 Å². The molecule has 0 radical (unpaired) electrons. The van der Waals surface area contributed by atoms with E-state index in [1.807, 2.05) is 0 Å². The zero-order valence-electron chi connectivity index (χ0n) is 8.68. The van der Waals surface area contributed by atoms with Gasteiger partial charge < -0.3 is 0 Å². The summed E-state index contributed by atoms with van der Waals surface area (Å²) in [4.78, 5) is 1.28. The van der Waals surface area contributed by atoms with Crippen LogP contribution in [0.15, 0.2) is 22.5 Å². The van der Waals surface area contributed by atoms with Gasteiger partial charge in [-0.1, -0.05) is 26.0 Å². The molecule has 0 N–H and O–H groups in total. The van der Waals surface area contributed by atoms with Crippen molar-refractivity contribution in [2.45, 2.75) is 40.5 Å². The SMILES string of the molecule is C=C(CCC(C)C)SC=C(C)C. The van der Waals surface area contributed by atoms with Crippen molar-refractivity contribution in [3.63, 3.8) is 0 Å². The topological polar surface area (TPSA) is 0 Å². The molecule has 0 spiro atoms. The fourth-order valence-electron chi connectivity index (χ4n) is 0.710. The molecule has 0 aliphatic rings. The van der Waals surface area contributed by atoms with E-state index in [9.17, 15) is 0 Å². The van der Waals surface area contributed by atoms with Crippen molar-refractivity contribution in [2.75, 3.05) is 0 Å². The lowest BCUT2D eigenvalue weighted by Gasteiger charge is -2.04. The number of allylic oxidation sites excluding steroid dienone is 2. The molecule has 0 aromatic heterocycles. The Kier molecular flexibility index (Phi) is 6.27. The van der Waals surface area contributed by atoms with E-state index in [1.165, 1.54) is 16.9 Å². The van der Waals surface area contributed by atoms with Crippen LogP contribution in [0.2, 0.25) is 0 Å². The van der Waals surface area contributed by atoms with Crippen molar-refractivity contribution in [3.8, 4) is 0 Å². The molecule has 0 bridgehead atoms. The molecule has 0 amide bonds. The van der Waals surface area contributed by atoms with Gasteiger partial charge in [0.05, 0.1) is 0 Å². The lowest BCUT2D eigenvalue weighted by Crippen LogP contribution is -1.86. The van der Waals surface area contributed by atoms with E-state index in [-0.39, 0.29) is 0 Å². The van der Waals surface area contributed by atoms with E-state index in [0.717, 1.165) is 12.3 Å². The predicted molar refractivity (Wildman–Crippen MR) is 60.2 cm³/mol. The third-order valence-corrected chi connectivity index (χ3v) is 2.59. The maximum absolute atomic E-state index is 4.02. The summed E-state index contributed by atoms with van der Waals surface area (Å²) in [7, 11) is 0. The summed E-state index contributed by atoms with van der Waals surface area (Å²) in [5, 5.41) is 2.17. The Labute approximate surface area is 81.1 Å². The molecule has 1 heteroatoms. The first-order valence-corrected chi connectivity index (χ1v) is 5.38. The van der Waals surface area contributed by atoms with Gasteiger partial charge in [-0.15, -0.1) is 11.8 Å². The minimum atomic E-state index is 0.786. The first-order valence-electron chi connectivity index (χ1n) is 4.50. The molecule has 70 valence electrons. The third-order valence-electron chi connectivity index (χ3n) is 1.46. The molecular formula is C11H20S. The Morgan fingerprint density at radius 3 is 2.42 bits per heavy atom. The molecule has 0 aliphatic carbocycles. The van der Waals surface area contributed by atoms with Gasteiger partial charge in [-0.25, -0.2) is 0 Å². The van der Waals surface area contributed by atoms with Crippen LogP contribution in [0.25, 0.3) is 0 Å². The highest BCUT2D eigenvalue weighted by Crippen LogP contribution is 2.23. The number of thioether (sulfide) groups is 1. The molecule has 0 rings (SSSR count). The molecule has 0 nitrogen and oxygen atoms in total. The summed E-state index contributed by atoms with van der Waals surface area (Å²) in [6, 6.07) is 0. The maximum Gasteiger partial charge on any atom is -0.0180 e. The minimum absolute atomic E-state index is 0.786. The van der Waals surface area contributed by atoms with E-state index in [2.05, 4.69) is 39.7 Å². The van der Waals surface area contributed by atoms with Crippen LogP contribution in [0.5, 0.6) is 0 Å². The van der Waals surface area contributed by atoms with Crippen molar-refractivity contribution in [1.29, 1.82) is 0 Å². The molecule has 0 heterocycles. The Morgan fingerprint density at radius 2 is 2.00 bits per heavy atom. The highest BCUT2D eigenvalue weighted by Gasteiger charge is 1.96. The molecule has 0 fully saturated rings. The normalized spacial score (nSPS) is 10.1. The van der Waals surface area contributed by atoms with Gasteiger partial charge in [0.1, 0.15) is 0 Å². The van der Waals surface area contributed by atoms with E-state index < -0.39 is 0 Å². The second-order valence-electron chi connectivity index (χ2n) is 3.78. The van der Waals surface area contributed by atoms with Crippen LogP contribution in [-0.4, -0.2) is 0 Å². The molecule has 0 aromatic rings. The number of hydrogen-bond donors (Lipinski definition) is 0. The van der Waals surface area contributed by atoms with Crippen molar-refractivity contribution >= 4 is 11.8 Å². The van der Waals surface area contributed by atoms with Gasteiger partial charge in [-0.05, 0) is 42.9 Å². The Hall–Kier alpha value is -0.170. The van der Waals surface area contributed by atoms with Crippen molar-refractivity contribution in [1.82, 2.24) is 0 Å². The van der Waals surface area contributed by atoms with Crippen molar-refractivity contribution in [2.24, 2.45) is 5.92 Å². The van der Waals surface area contributed by atoms with E-state index in [4.69, 9.17) is 0 Å². The molecule has 0 unspecified atom stereocenters. The largest absolute Gasteiger partial charge is 0.103 e. The summed E-state index contributed by atoms with van der Waals surface area (Å²) in [5.41, 5.74) is 1.35. The second-order valence-corrected chi connectivity index (χ2v) is 4.83. The lowest BCUT2D eigenvalue weighted by atomic mass is 10.1. The molecule has 12 heavy (non-hydrogen) atoms. The molecule has 0 saturated carbocycles. The summed E-state index contributed by atoms with van der Waals surface area (Å²) in [6.45, 7) is 12.7. The molecular weight excluding hydrogens is 164 g/mol. The predicted octanol–water partition coefficient (Wildman–Crippen LogP) is 4.59. The van der Waals surface area contributed by atoms with E-state index >= 15 is 0 Å². The number of hydrogen-bond acceptors (Lipinski definition) is 1. The average molecular weight is 184 g/mol. The molecule has 0 aromatic carbocycles. The van der Waals surface area contributed by atoms with Gasteiger partial charge in [-0.3, -0.25) is 0 Å². The quantitative estimate of drug-likeness (QED) is 0.602. The summed E-state index contributed by atoms with van der Waals surface area (Å²) in [6.07, 6.45) is 2.40. The highest BCUT2D eigenvalue weighted by molar-refractivity contribution is 8.05. The van der Waals surface area contributed by atoms with Gasteiger partial charge in [-0.2, -0.15) is 0 Å². The smallest absolute Gasteiger partial charge is 0.0180 e. The first-order chi connectivity index (χ1) is 5.52. The minimum Gasteiger partial charge on any atom is -0.103 e. The average Bonchev–Trinajstić information content (AvgIpc) is 1.96. The van der Waals surface area contributed by atoms with Crippen LogP contribution in [-0.2, 0) is 0 Å². The van der Waals surface area contributed by atoms with Crippen LogP contribution in [0.1, 0.15) is 40.5 Å². The van der Waals surface area contributed by atoms with Gasteiger partial charge in [0.15, 0.2) is 0 Å².